The van der Waals surface area contributed by atoms with Crippen LogP contribution in [0, 0.1) is 38.2 Å². The summed E-state index contributed by atoms with van der Waals surface area (Å²) in [6, 6.07) is 42.8. The molecule has 6 aliphatic heterocycles. The molecule has 6 unspecified atom stereocenters. The highest BCUT2D eigenvalue weighted by atomic mass is 35.5. The van der Waals surface area contributed by atoms with Crippen molar-refractivity contribution in [2.45, 2.75) is 144 Å². The third-order valence-electron chi connectivity index (χ3n) is 29.2. The Morgan fingerprint density at radius 1 is 0.434 bits per heavy atom. The number of piperazine rings is 3. The second-order valence-corrected chi connectivity index (χ2v) is 41.2. The number of pyridine rings is 9. The number of carbonyl (C=O) groups is 3. The van der Waals surface area contributed by atoms with E-state index < -0.39 is 17.5 Å². The summed E-state index contributed by atoms with van der Waals surface area (Å²) in [6.45, 7) is 40.8. The molecule has 9 aromatic heterocycles. The molecular formula is C114H115Cl3F3N19O6. The number of hydrogen-bond acceptors (Lipinski definition) is 19. The number of benzene rings is 6. The highest BCUT2D eigenvalue weighted by molar-refractivity contribution is 6.38. The number of amides is 3. The van der Waals surface area contributed by atoms with Crippen LogP contribution in [0.15, 0.2) is 217 Å². The number of nitrogens with zero attached hydrogens (tertiary/aromatic N) is 18. The number of aromatic nitrogens is 9. The van der Waals surface area contributed by atoms with E-state index >= 15 is 18.0 Å². The predicted octanol–water partition coefficient (Wildman–Crippen LogP) is 20.9. The average Bonchev–Trinajstić information content (AvgIpc) is 0.704. The third-order valence-corrected chi connectivity index (χ3v) is 30.1. The lowest BCUT2D eigenvalue weighted by molar-refractivity contribution is -0.129. The van der Waals surface area contributed by atoms with Crippen molar-refractivity contribution in [3.8, 4) is 50.8 Å². The van der Waals surface area contributed by atoms with Gasteiger partial charge in [0, 0.05) is 173 Å². The first-order chi connectivity index (χ1) is 69.5. The molecule has 0 aliphatic carbocycles. The van der Waals surface area contributed by atoms with E-state index in [-0.39, 0.29) is 105 Å². The number of rotatable bonds is 16. The van der Waals surface area contributed by atoms with Crippen molar-refractivity contribution >= 4 is 152 Å². The molecule has 0 bridgehead atoms. The Bertz CT molecular complexity index is 8070. The van der Waals surface area contributed by atoms with Gasteiger partial charge in [0.05, 0.1) is 69.3 Å². The molecule has 25 nitrogen and oxygen atoms in total. The van der Waals surface area contributed by atoms with Crippen molar-refractivity contribution in [1.82, 2.24) is 63.2 Å². The summed E-state index contributed by atoms with van der Waals surface area (Å²) in [5.41, 5.74) is 12.1. The fourth-order valence-electron chi connectivity index (χ4n) is 22.4. The number of halogens is 6. The van der Waals surface area contributed by atoms with Crippen LogP contribution in [0.5, 0.6) is 0 Å². The Morgan fingerprint density at radius 2 is 0.766 bits per heavy atom. The number of anilines is 6. The van der Waals surface area contributed by atoms with Crippen LogP contribution in [0.4, 0.5) is 47.3 Å². The van der Waals surface area contributed by atoms with E-state index in [0.29, 0.717) is 198 Å². The van der Waals surface area contributed by atoms with E-state index in [9.17, 15) is 24.0 Å². The molecule has 3 saturated heterocycles. The Morgan fingerprint density at radius 3 is 1.13 bits per heavy atom. The fraction of sp³-hybridized carbons (Fsp3) is 0.316. The summed E-state index contributed by atoms with van der Waals surface area (Å²) in [5.74, 6) is -2.00. The zero-order valence-electron chi connectivity index (χ0n) is 83.9. The molecule has 6 aromatic carbocycles. The molecule has 145 heavy (non-hydrogen) atoms. The van der Waals surface area contributed by atoms with Crippen LogP contribution < -0.4 is 46.5 Å². The minimum atomic E-state index is -0.532. The summed E-state index contributed by atoms with van der Waals surface area (Å²) >= 11 is 20.1. The number of hydrogen-bond donors (Lipinski definition) is 1. The number of carbonyl (C=O) groups excluding carboxylic acids is 3. The smallest absolute Gasteiger partial charge is 0.282 e. The molecule has 0 radical (unpaired) electrons. The van der Waals surface area contributed by atoms with Gasteiger partial charge in [0.25, 0.3) is 16.7 Å². The second-order valence-electron chi connectivity index (χ2n) is 40.0. The van der Waals surface area contributed by atoms with Gasteiger partial charge in [-0.1, -0.05) is 187 Å². The largest absolute Gasteiger partial charge is 0.377 e. The van der Waals surface area contributed by atoms with E-state index in [1.807, 2.05) is 208 Å². The van der Waals surface area contributed by atoms with Crippen LogP contribution >= 0.6 is 34.8 Å². The number of nitrogens with one attached hydrogen (secondary N) is 1. The van der Waals surface area contributed by atoms with Crippen LogP contribution in [0.1, 0.15) is 120 Å². The minimum absolute atomic E-state index is 0.00154. The number of likely N-dealkylation sites (N-methyl/N-ethyl adjacent to an activating group) is 1. The van der Waals surface area contributed by atoms with E-state index in [0.717, 1.165) is 62.9 Å². The van der Waals surface area contributed by atoms with Crippen molar-refractivity contribution in [3.05, 3.63) is 300 Å². The quantitative estimate of drug-likeness (QED) is 0.0885. The van der Waals surface area contributed by atoms with Crippen molar-refractivity contribution in [3.63, 3.8) is 0 Å². The molecular weight excluding hydrogens is 1890 g/mol. The van der Waals surface area contributed by atoms with Gasteiger partial charge in [-0.05, 0) is 192 Å². The van der Waals surface area contributed by atoms with Gasteiger partial charge < -0.3 is 49.4 Å². The topological polar surface area (TPSA) is 236 Å². The third kappa shape index (κ3) is 17.4. The van der Waals surface area contributed by atoms with E-state index in [1.54, 1.807) is 61.5 Å². The molecule has 3 amide bonds. The Balaban J connectivity index is 0.000000138. The zero-order valence-corrected chi connectivity index (χ0v) is 86.2. The van der Waals surface area contributed by atoms with E-state index in [1.165, 1.54) is 36.4 Å². The normalized spacial score (nSPS) is 17.6. The summed E-state index contributed by atoms with van der Waals surface area (Å²) in [4.78, 5) is 131. The molecule has 31 heteroatoms. The van der Waals surface area contributed by atoms with Crippen LogP contribution in [0.3, 0.4) is 0 Å². The summed E-state index contributed by atoms with van der Waals surface area (Å²) in [6.07, 6.45) is 10.1. The molecule has 3 fully saturated rings. The lowest BCUT2D eigenvalue weighted by Gasteiger charge is -2.51. The summed E-state index contributed by atoms with van der Waals surface area (Å²) in [7, 11) is 5.93. The highest BCUT2D eigenvalue weighted by Gasteiger charge is 2.47. The predicted molar refractivity (Wildman–Crippen MR) is 580 cm³/mol. The molecule has 0 saturated carbocycles. The van der Waals surface area contributed by atoms with Crippen LogP contribution in [-0.4, -0.2) is 210 Å². The standard InChI is InChI=1S/C41H45ClFN7O2.C37H36ClFN6O2.C36H34ClFN6O2/c1-8-33(51)48-23-28-22-47(19-11-18-46(6)7)39-38(49(28)21-26(48)5)30-20-32(43)36(29-14-9-12-27-13-10-15-31(42)34(27)29)45-40(30)50(41(39)52)37-25(4)16-17-44-35(37)24(2)3;1-7-29(46)43-19-24-18-42(6)35-34(44(24)17-22(43)5)26-16-28(39)32(25-12-8-10-23-11-9-13-27(38)30(23)25)41-36(26)45(37(35)47)33-21(4)14-15-40-31(33)20(2)3;1-6-28(45)42-18-23-16-40-32-34(43(23)17-21(42)5)25-15-27(38)31(24-11-7-9-22-10-8-12-26(37)29(22)24)41-35(25)44(36(32)46)33-20(4)13-14-39-30(33)19(2)3/h8-10,12-17,20,24,26,28H,1,11,18-19,21-23H2,2-7H3;7-16,20,22,24H,1,17-19H2,2-6H3;6-15,19,21,23,40H,1,16-18H2,2-5H3. The van der Waals surface area contributed by atoms with Gasteiger partial charge in [0.2, 0.25) is 17.7 Å². The molecule has 6 aliphatic rings. The maximum atomic E-state index is 17.0. The van der Waals surface area contributed by atoms with Gasteiger partial charge in [-0.2, -0.15) is 0 Å². The molecule has 21 rings (SSSR count). The van der Waals surface area contributed by atoms with Gasteiger partial charge in [-0.3, -0.25) is 57.4 Å². The van der Waals surface area contributed by atoms with Gasteiger partial charge in [0.15, 0.2) is 16.9 Å². The average molecular weight is 2010 g/mol. The number of aryl methyl sites for hydroxylation is 3. The monoisotopic (exact) mass is 2010 g/mol. The van der Waals surface area contributed by atoms with Gasteiger partial charge >= 0.3 is 0 Å². The van der Waals surface area contributed by atoms with Crippen LogP contribution in [0.25, 0.3) is 116 Å². The van der Waals surface area contributed by atoms with Crippen molar-refractivity contribution in [2.75, 3.05) is 123 Å². The number of fused-ring (bicyclic) bond motifs is 18. The second kappa shape index (κ2) is 39.7. The lowest BCUT2D eigenvalue weighted by Crippen LogP contribution is -2.64. The molecule has 6 atom stereocenters. The zero-order chi connectivity index (χ0) is 103. The van der Waals surface area contributed by atoms with Crippen molar-refractivity contribution in [2.24, 2.45) is 0 Å². The lowest BCUT2D eigenvalue weighted by atomic mass is 9.97. The van der Waals surface area contributed by atoms with E-state index in [2.05, 4.69) is 68.4 Å². The minimum Gasteiger partial charge on any atom is -0.377 e. The van der Waals surface area contributed by atoms with Gasteiger partial charge in [-0.25, -0.2) is 28.1 Å². The Labute approximate surface area is 854 Å². The maximum absolute atomic E-state index is 17.0. The summed E-state index contributed by atoms with van der Waals surface area (Å²) in [5, 5.41) is 11.0. The SMILES string of the molecule is C=CC(=O)N1CC2CN(C)c3c(c4cc(F)c(-c5cccc6cccc(Cl)c56)nc4n(-c4c(C)ccnc4C(C)C)c3=O)N2CC1C.C=CC(=O)N1CC2CN(CCCN(C)C)c3c(c4cc(F)c(-c5cccc6cccc(Cl)c56)nc4n(-c4c(C)ccnc4C(C)C)c3=O)N2CC1C.C=CC(=O)N1CC2CNc3c(c4cc(F)c(-c5cccc6cccc(Cl)c56)nc4n(-c4c(C)ccnc4C(C)C)c3=O)N2CC1C. The first-order valence-corrected chi connectivity index (χ1v) is 50.4. The van der Waals surface area contributed by atoms with Crippen molar-refractivity contribution < 1.29 is 27.6 Å². The maximum Gasteiger partial charge on any atom is 0.282 e. The van der Waals surface area contributed by atoms with Crippen molar-refractivity contribution in [1.29, 1.82) is 0 Å². The van der Waals surface area contributed by atoms with Crippen LogP contribution in [0.2, 0.25) is 15.1 Å². The molecule has 15 aromatic rings. The first-order valence-electron chi connectivity index (χ1n) is 49.2. The van der Waals surface area contributed by atoms with Gasteiger partial charge in [0.1, 0.15) is 51.6 Å². The summed E-state index contributed by atoms with van der Waals surface area (Å²) < 4.78 is 55.1. The van der Waals surface area contributed by atoms with Gasteiger partial charge in [-0.15, -0.1) is 0 Å². The highest BCUT2D eigenvalue weighted by Crippen LogP contribution is 2.50. The Hall–Kier alpha value is -14.3. The molecule has 15 heterocycles. The molecule has 1 N–H and O–H groups in total. The molecule has 744 valence electrons. The fourth-order valence-corrected chi connectivity index (χ4v) is 23.3. The van der Waals surface area contributed by atoms with E-state index in [4.69, 9.17) is 59.7 Å². The first kappa shape index (κ1) is 99.4. The van der Waals surface area contributed by atoms with Crippen LogP contribution in [-0.2, 0) is 14.4 Å². The Kier molecular flexibility index (Phi) is 27.2. The molecule has 0 spiro atoms.